The Balaban J connectivity index is 2.19. The average Bonchev–Trinajstić information content (AvgIpc) is 2.61. The highest BCUT2D eigenvalue weighted by Gasteiger charge is 2.22. The topological polar surface area (TPSA) is 44.8 Å². The monoisotopic (exact) mass is 360 g/mol. The van der Waals surface area contributed by atoms with Gasteiger partial charge in [-0.3, -0.25) is 4.79 Å². The van der Waals surface area contributed by atoms with Gasteiger partial charge in [-0.1, -0.05) is 19.1 Å². The van der Waals surface area contributed by atoms with Crippen molar-refractivity contribution in [3.8, 4) is 17.2 Å². The van der Waals surface area contributed by atoms with Gasteiger partial charge in [0.25, 0.3) is 0 Å². The number of aryl methyl sites for hydroxylation is 1. The zero-order valence-electron chi connectivity index (χ0n) is 15.9. The molecule has 2 rings (SSSR count). The Kier molecular flexibility index (Phi) is 6.61. The summed E-state index contributed by atoms with van der Waals surface area (Å²) in [6.45, 7) is 5.80. The molecule has 1 atom stereocenters. The van der Waals surface area contributed by atoms with Crippen molar-refractivity contribution < 1.29 is 23.4 Å². The average molecular weight is 360 g/mol. The van der Waals surface area contributed by atoms with Gasteiger partial charge in [0.15, 0.2) is 17.3 Å². The number of ketones is 1. The van der Waals surface area contributed by atoms with Gasteiger partial charge in [0, 0.05) is 0 Å². The molecule has 0 aliphatic heterocycles. The summed E-state index contributed by atoms with van der Waals surface area (Å²) in [5, 5.41) is 0. The smallest absolute Gasteiger partial charge is 0.204 e. The van der Waals surface area contributed by atoms with Gasteiger partial charge in [-0.25, -0.2) is 4.39 Å². The van der Waals surface area contributed by atoms with Gasteiger partial charge in [-0.15, -0.1) is 0 Å². The Hall–Kier alpha value is -2.56. The summed E-state index contributed by atoms with van der Waals surface area (Å²) in [5.41, 5.74) is 2.32. The third-order valence-electron chi connectivity index (χ3n) is 4.41. The first-order chi connectivity index (χ1) is 12.4. The number of hydrogen-bond donors (Lipinski definition) is 0. The van der Waals surface area contributed by atoms with E-state index in [0.29, 0.717) is 29.4 Å². The molecule has 2 aromatic rings. The van der Waals surface area contributed by atoms with Crippen molar-refractivity contribution in [1.82, 2.24) is 0 Å². The molecule has 2 aromatic carbocycles. The number of benzene rings is 2. The minimum atomic E-state index is -0.247. The lowest BCUT2D eigenvalue weighted by Crippen LogP contribution is -2.09. The molecule has 0 saturated carbocycles. The van der Waals surface area contributed by atoms with Crippen molar-refractivity contribution in [2.45, 2.75) is 33.1 Å². The number of methoxy groups -OCH3 is 2. The fourth-order valence-electron chi connectivity index (χ4n) is 2.96. The second-order valence-electron chi connectivity index (χ2n) is 6.28. The van der Waals surface area contributed by atoms with Crippen molar-refractivity contribution in [2.24, 2.45) is 0 Å². The zero-order valence-corrected chi connectivity index (χ0v) is 15.9. The van der Waals surface area contributed by atoms with Crippen LogP contribution in [0.15, 0.2) is 30.3 Å². The first-order valence-corrected chi connectivity index (χ1v) is 8.53. The predicted octanol–water partition coefficient (Wildman–Crippen LogP) is 4.93. The highest BCUT2D eigenvalue weighted by Crippen LogP contribution is 2.42. The Morgan fingerprint density at radius 1 is 1.12 bits per heavy atom. The molecule has 5 heteroatoms. The lowest BCUT2D eigenvalue weighted by molar-refractivity contribution is 0.101. The van der Waals surface area contributed by atoms with Gasteiger partial charge in [-0.05, 0) is 55.5 Å². The first kappa shape index (κ1) is 19.8. The van der Waals surface area contributed by atoms with Crippen LogP contribution in [0, 0.1) is 12.7 Å². The minimum Gasteiger partial charge on any atom is -0.493 e. The standard InChI is InChI=1S/C21H25FO4/c1-13(16-6-8-17(22)9-7-16)10-11-26-20-18(24-4)12-14(2)19(15(3)23)21(20)25-5/h6-9,12-13H,10-11H2,1-5H3. The lowest BCUT2D eigenvalue weighted by atomic mass is 9.98. The number of halogens is 1. The van der Waals surface area contributed by atoms with E-state index in [0.717, 1.165) is 17.5 Å². The molecule has 0 bridgehead atoms. The van der Waals surface area contributed by atoms with E-state index in [9.17, 15) is 9.18 Å². The molecule has 0 aromatic heterocycles. The summed E-state index contributed by atoms with van der Waals surface area (Å²) in [6.07, 6.45) is 0.723. The van der Waals surface area contributed by atoms with E-state index >= 15 is 0 Å². The van der Waals surface area contributed by atoms with Crippen LogP contribution < -0.4 is 14.2 Å². The summed E-state index contributed by atoms with van der Waals surface area (Å²) in [7, 11) is 3.06. The second-order valence-corrected chi connectivity index (χ2v) is 6.28. The van der Waals surface area contributed by atoms with E-state index in [4.69, 9.17) is 14.2 Å². The number of Topliss-reactive ketones (excluding diaryl/α,β-unsaturated/α-hetero) is 1. The Labute approximate surface area is 153 Å². The van der Waals surface area contributed by atoms with E-state index < -0.39 is 0 Å². The number of rotatable bonds is 8. The Morgan fingerprint density at radius 2 is 1.77 bits per heavy atom. The Morgan fingerprint density at radius 3 is 2.31 bits per heavy atom. The molecule has 0 fully saturated rings. The zero-order chi connectivity index (χ0) is 19.3. The SMILES string of the molecule is COc1cc(C)c(C(C)=O)c(OC)c1OCCC(C)c1ccc(F)cc1. The molecule has 0 aliphatic rings. The molecule has 0 amide bonds. The van der Waals surface area contributed by atoms with Crippen LogP contribution in [0.1, 0.15) is 47.7 Å². The third kappa shape index (κ3) is 4.34. The molecular weight excluding hydrogens is 335 g/mol. The van der Waals surface area contributed by atoms with Crippen molar-refractivity contribution in [2.75, 3.05) is 20.8 Å². The molecule has 0 N–H and O–H groups in total. The first-order valence-electron chi connectivity index (χ1n) is 8.53. The van der Waals surface area contributed by atoms with Crippen molar-refractivity contribution in [3.63, 3.8) is 0 Å². The molecular formula is C21H25FO4. The van der Waals surface area contributed by atoms with Crippen LogP contribution >= 0.6 is 0 Å². The number of ether oxygens (including phenoxy) is 3. The van der Waals surface area contributed by atoms with Crippen LogP contribution in [-0.4, -0.2) is 26.6 Å². The molecule has 0 spiro atoms. The molecule has 1 unspecified atom stereocenters. The number of hydrogen-bond acceptors (Lipinski definition) is 4. The summed E-state index contributed by atoms with van der Waals surface area (Å²) in [6, 6.07) is 8.25. The maximum Gasteiger partial charge on any atom is 0.204 e. The van der Waals surface area contributed by atoms with E-state index in [2.05, 4.69) is 6.92 Å². The summed E-state index contributed by atoms with van der Waals surface area (Å²) < 4.78 is 29.8. The summed E-state index contributed by atoms with van der Waals surface area (Å²) in [4.78, 5) is 12.0. The highest BCUT2D eigenvalue weighted by molar-refractivity contribution is 5.99. The fourth-order valence-corrected chi connectivity index (χ4v) is 2.96. The van der Waals surface area contributed by atoms with E-state index in [-0.39, 0.29) is 17.5 Å². The summed E-state index contributed by atoms with van der Waals surface area (Å²) in [5.74, 6) is 1.21. The largest absolute Gasteiger partial charge is 0.493 e. The van der Waals surface area contributed by atoms with Crippen molar-refractivity contribution >= 4 is 5.78 Å². The number of carbonyl (C=O) groups excluding carboxylic acids is 1. The quantitative estimate of drug-likeness (QED) is 0.627. The van der Waals surface area contributed by atoms with E-state index in [1.165, 1.54) is 26.2 Å². The lowest BCUT2D eigenvalue weighted by Gasteiger charge is -2.19. The molecule has 140 valence electrons. The molecule has 26 heavy (non-hydrogen) atoms. The van der Waals surface area contributed by atoms with Crippen LogP contribution in [-0.2, 0) is 0 Å². The summed E-state index contributed by atoms with van der Waals surface area (Å²) >= 11 is 0. The van der Waals surface area contributed by atoms with Gasteiger partial charge >= 0.3 is 0 Å². The number of carbonyl (C=O) groups is 1. The van der Waals surface area contributed by atoms with Crippen LogP contribution in [0.25, 0.3) is 0 Å². The molecule has 0 aliphatic carbocycles. The van der Waals surface area contributed by atoms with Crippen LogP contribution in [0.5, 0.6) is 17.2 Å². The third-order valence-corrected chi connectivity index (χ3v) is 4.41. The predicted molar refractivity (Wildman–Crippen MR) is 99.2 cm³/mol. The van der Waals surface area contributed by atoms with Gasteiger partial charge in [0.05, 0.1) is 26.4 Å². The van der Waals surface area contributed by atoms with Gasteiger partial charge in [-0.2, -0.15) is 0 Å². The minimum absolute atomic E-state index is 0.0912. The molecule has 4 nitrogen and oxygen atoms in total. The van der Waals surface area contributed by atoms with Crippen LogP contribution in [0.3, 0.4) is 0 Å². The van der Waals surface area contributed by atoms with E-state index in [1.807, 2.05) is 6.92 Å². The Bertz CT molecular complexity index is 769. The van der Waals surface area contributed by atoms with Crippen molar-refractivity contribution in [3.05, 3.63) is 52.8 Å². The van der Waals surface area contributed by atoms with Gasteiger partial charge < -0.3 is 14.2 Å². The van der Waals surface area contributed by atoms with Crippen LogP contribution in [0.4, 0.5) is 4.39 Å². The maximum absolute atomic E-state index is 13.0. The van der Waals surface area contributed by atoms with Crippen molar-refractivity contribution in [1.29, 1.82) is 0 Å². The van der Waals surface area contributed by atoms with Gasteiger partial charge in [0.1, 0.15) is 5.82 Å². The van der Waals surface area contributed by atoms with E-state index in [1.54, 1.807) is 25.3 Å². The fraction of sp³-hybridized carbons (Fsp3) is 0.381. The van der Waals surface area contributed by atoms with Gasteiger partial charge in [0.2, 0.25) is 5.75 Å². The molecule has 0 heterocycles. The highest BCUT2D eigenvalue weighted by atomic mass is 19.1. The normalized spacial score (nSPS) is 11.8. The van der Waals surface area contributed by atoms with Crippen LogP contribution in [0.2, 0.25) is 0 Å². The molecule has 0 radical (unpaired) electrons. The second kappa shape index (κ2) is 8.70. The molecule has 0 saturated heterocycles. The maximum atomic E-state index is 13.0.